The summed E-state index contributed by atoms with van der Waals surface area (Å²) in [6.07, 6.45) is 17.4. The van der Waals surface area contributed by atoms with Gasteiger partial charge < -0.3 is 56.1 Å². The smallest absolute Gasteiger partial charge is 0.485 e. The summed E-state index contributed by atoms with van der Waals surface area (Å²) in [4.78, 5) is 0. The monoisotopic (exact) mass is 1780 g/mol. The third-order valence-electron chi connectivity index (χ3n) is 16.7. The predicted molar refractivity (Wildman–Crippen MR) is 409 cm³/mol. The van der Waals surface area contributed by atoms with Crippen molar-refractivity contribution in [3.8, 4) is 45.3 Å². The lowest BCUT2D eigenvalue weighted by Crippen LogP contribution is -2.43. The zero-order valence-electron chi connectivity index (χ0n) is 65.2. The molecule has 6 aromatic carbocycles. The van der Waals surface area contributed by atoms with Crippen LogP contribution in [0.1, 0.15) is 63.8 Å². The minimum atomic E-state index is -6.09. The van der Waals surface area contributed by atoms with E-state index in [9.17, 15) is 52.7 Å². The number of hydrogen-bond donors (Lipinski definition) is 0. The maximum Gasteiger partial charge on any atom is 0.485 e. The Balaban J connectivity index is 0.000000274. The fourth-order valence-corrected chi connectivity index (χ4v) is 10.3. The Morgan fingerprint density at radius 2 is 0.467 bits per heavy atom. The van der Waals surface area contributed by atoms with E-state index < -0.39 is 62.5 Å². The molecule has 654 valence electrons. The molecule has 4 aromatic heterocycles. The largest absolute Gasteiger partial charge is 0.741 e. The van der Waals surface area contributed by atoms with Crippen LogP contribution < -0.4 is 37.2 Å². The van der Waals surface area contributed by atoms with E-state index in [1.807, 2.05) is 48.5 Å². The Morgan fingerprint density at radius 3 is 0.650 bits per heavy atom. The quantitative estimate of drug-likeness (QED) is 0.0561. The van der Waals surface area contributed by atoms with Crippen molar-refractivity contribution < 1.29 is 161 Å². The van der Waals surface area contributed by atoms with Gasteiger partial charge in [0.2, 0.25) is 13.1 Å². The zero-order valence-corrected chi connectivity index (χ0v) is 68.5. The highest BCUT2D eigenvalue weighted by atomic mass is 32.2. The number of ether oxygens (including phenoxy) is 8. The van der Waals surface area contributed by atoms with Gasteiger partial charge in [-0.25, -0.2) is 42.8 Å². The number of aryl methyl sites for hydroxylation is 2. The second-order valence-electron chi connectivity index (χ2n) is 27.8. The number of halogens is 12. The predicted octanol–water partition coefficient (Wildman–Crippen LogP) is 13.1. The number of aromatic nitrogens is 4. The molecule has 0 saturated carbocycles. The van der Waals surface area contributed by atoms with Crippen LogP contribution in [0.4, 0.5) is 52.7 Å². The van der Waals surface area contributed by atoms with Gasteiger partial charge in [0, 0.05) is 59.7 Å². The number of alkyl halides is 12. The molecule has 0 spiro atoms. The van der Waals surface area contributed by atoms with Crippen molar-refractivity contribution in [1.82, 2.24) is 0 Å². The molecular weight excluding hydrogens is 1690 g/mol. The number of rotatable bonds is 9. The SMILES string of the molecule is CC(C)(C)c1ccc(C[n+]2ccc(-c3cc[n+](CC[n+]4ccc(-c5cc[n+](Cc6ccc(C(C)(C)C)cc6)cc5)cc4)cc3)cc2)cc1.O=S(=O)([O-])C(F)(F)F.O=S(=O)([O-])C(F)(F)F.O=S(=O)([O-])C(F)(F)F.O=S(=O)([O-])C(F)(F)F.c1ccc2cc3c(cc2c1)OCCOCCOCCOc1cc2ccccc2cc1OCCOCCOCCO3. The molecule has 11 rings (SSSR count). The first kappa shape index (κ1) is 99.1. The Bertz CT molecular complexity index is 4820. The molecule has 120 heavy (non-hydrogen) atoms. The first-order valence-electron chi connectivity index (χ1n) is 36.0. The van der Waals surface area contributed by atoms with E-state index in [2.05, 4.69) is 231 Å². The van der Waals surface area contributed by atoms with Gasteiger partial charge in [0.15, 0.2) is 126 Å². The molecule has 5 heterocycles. The summed E-state index contributed by atoms with van der Waals surface area (Å²) in [5, 5.41) is 4.34. The van der Waals surface area contributed by atoms with Crippen LogP contribution in [0, 0.1) is 0 Å². The normalized spacial score (nSPS) is 14.2. The van der Waals surface area contributed by atoms with Crippen LogP contribution in [0.2, 0.25) is 0 Å². The van der Waals surface area contributed by atoms with Crippen LogP contribution in [-0.4, -0.2) is 153 Å². The Morgan fingerprint density at radius 1 is 0.283 bits per heavy atom. The van der Waals surface area contributed by atoms with E-state index >= 15 is 0 Å². The van der Waals surface area contributed by atoms with Crippen LogP contribution in [0.3, 0.4) is 0 Å². The molecule has 1 aliphatic rings. The van der Waals surface area contributed by atoms with Crippen LogP contribution in [0.15, 0.2) is 219 Å². The lowest BCUT2D eigenvalue weighted by atomic mass is 9.87. The van der Waals surface area contributed by atoms with Gasteiger partial charge in [0.25, 0.3) is 0 Å². The topological polar surface area (TPSA) is 318 Å². The number of fused-ring (bicyclic) bond motifs is 4. The van der Waals surface area contributed by atoms with Crippen molar-refractivity contribution in [3.05, 3.63) is 242 Å². The third kappa shape index (κ3) is 34.1. The van der Waals surface area contributed by atoms with Crippen molar-refractivity contribution in [2.24, 2.45) is 0 Å². The second-order valence-corrected chi connectivity index (χ2v) is 33.3. The van der Waals surface area contributed by atoms with Gasteiger partial charge in [0.05, 0.1) is 52.9 Å². The molecule has 0 aliphatic carbocycles. The molecule has 0 radical (unpaired) electrons. The number of pyridine rings is 4. The zero-order chi connectivity index (χ0) is 89.0. The molecule has 10 aromatic rings. The summed E-state index contributed by atoms with van der Waals surface area (Å²) < 4.78 is 291. The fourth-order valence-electron chi connectivity index (χ4n) is 10.3. The molecule has 0 bridgehead atoms. The van der Waals surface area contributed by atoms with Gasteiger partial charge in [-0.15, -0.1) is 0 Å². The van der Waals surface area contributed by atoms with Gasteiger partial charge in [-0.1, -0.05) is 139 Å². The fraction of sp³-hybridized carbons (Fsp3) is 0.350. The van der Waals surface area contributed by atoms with Crippen LogP contribution in [0.5, 0.6) is 23.0 Å². The molecule has 0 saturated heterocycles. The third-order valence-corrected chi connectivity index (χ3v) is 18.9. The number of hydrogen-bond acceptors (Lipinski definition) is 20. The van der Waals surface area contributed by atoms with Crippen molar-refractivity contribution in [3.63, 3.8) is 0 Å². The molecule has 0 N–H and O–H groups in total. The van der Waals surface area contributed by atoms with E-state index in [0.717, 1.165) is 47.7 Å². The Labute approximate surface area is 686 Å². The molecule has 24 nitrogen and oxygen atoms in total. The summed E-state index contributed by atoms with van der Waals surface area (Å²) in [7, 11) is -24.4. The van der Waals surface area contributed by atoms with Gasteiger partial charge >= 0.3 is 22.0 Å². The number of benzene rings is 6. The first-order chi connectivity index (χ1) is 55.9. The van der Waals surface area contributed by atoms with Crippen molar-refractivity contribution in [2.45, 2.75) is 101 Å². The maximum absolute atomic E-state index is 10.7. The van der Waals surface area contributed by atoms with E-state index in [0.29, 0.717) is 102 Å². The summed E-state index contributed by atoms with van der Waals surface area (Å²) >= 11 is 0. The van der Waals surface area contributed by atoms with Crippen molar-refractivity contribution in [1.29, 1.82) is 0 Å². The highest BCUT2D eigenvalue weighted by Gasteiger charge is 2.39. The van der Waals surface area contributed by atoms with E-state index in [1.165, 1.54) is 44.5 Å². The molecule has 0 atom stereocenters. The summed E-state index contributed by atoms with van der Waals surface area (Å²) in [5.74, 6) is 2.73. The van der Waals surface area contributed by atoms with Gasteiger partial charge in [0.1, 0.15) is 26.4 Å². The lowest BCUT2D eigenvalue weighted by Gasteiger charge is -2.18. The lowest BCUT2D eigenvalue weighted by molar-refractivity contribution is -0.778. The molecule has 0 amide bonds. The van der Waals surface area contributed by atoms with Gasteiger partial charge in [-0.05, 0) is 90.0 Å². The van der Waals surface area contributed by atoms with Crippen molar-refractivity contribution in [2.75, 3.05) is 79.3 Å². The van der Waals surface area contributed by atoms with Gasteiger partial charge in [-0.2, -0.15) is 61.8 Å². The maximum atomic E-state index is 10.7. The standard InChI is InChI=1S/C44H50N4.C32H36O8.4CHF3O3S/c1-43(2,3)41-11-7-35(8-12-41)33-47-27-19-39(20-28-47)37-15-23-45(24-16-37)31-32-46-25-17-38(18-26-46)40-21-29-48(30-22-40)34-36-9-13-42(14-10-36)44(4,5)6;1-2-6-26-22-30-29(21-25(26)5-1)37-17-13-33-9-10-35-15-19-39-31-23-27-7-3-4-8-28(27)24-32(31)40-20-16-36-12-11-34-14-18-38-30;4*2-1(3,4)8(5,6)7/h7-30H,31-34H2,1-6H3;1-8,21-24H,9-20H2;4*(H,5,6,7)/q+4;;;;;/p-4. The van der Waals surface area contributed by atoms with Crippen molar-refractivity contribution >= 4 is 62.0 Å². The minimum absolute atomic E-state index is 0.181. The summed E-state index contributed by atoms with van der Waals surface area (Å²) in [5.41, 5.74) is -11.9. The first-order valence-corrected chi connectivity index (χ1v) is 41.6. The molecular formula is C80H86F12N4O20S4. The minimum Gasteiger partial charge on any atom is -0.741 e. The highest BCUT2D eigenvalue weighted by Crippen LogP contribution is 2.35. The summed E-state index contributed by atoms with van der Waals surface area (Å²) in [6.45, 7) is 22.3. The van der Waals surface area contributed by atoms with Crippen LogP contribution in [-0.2, 0) is 96.4 Å². The molecule has 0 fully saturated rings. The van der Waals surface area contributed by atoms with Gasteiger partial charge in [-0.3, -0.25) is 0 Å². The van der Waals surface area contributed by atoms with Crippen LogP contribution >= 0.6 is 0 Å². The van der Waals surface area contributed by atoms with Crippen LogP contribution in [0.25, 0.3) is 43.8 Å². The molecule has 1 aliphatic heterocycles. The average Bonchev–Trinajstić information content (AvgIpc) is 0.852. The Hall–Kier alpha value is -9.72. The average molecular weight is 1780 g/mol. The molecule has 0 unspecified atom stereocenters. The number of nitrogens with zero attached hydrogens (tertiary/aromatic N) is 4. The van der Waals surface area contributed by atoms with E-state index in [-0.39, 0.29) is 10.8 Å². The highest BCUT2D eigenvalue weighted by molar-refractivity contribution is 7.87. The summed E-state index contributed by atoms with van der Waals surface area (Å²) in [6, 6.07) is 59.9. The van der Waals surface area contributed by atoms with E-state index in [1.54, 1.807) is 0 Å². The molecule has 40 heteroatoms. The Kier molecular flexibility index (Phi) is 36.5. The second kappa shape index (κ2) is 44.2. The van der Waals surface area contributed by atoms with E-state index in [4.69, 9.17) is 89.8 Å².